The van der Waals surface area contributed by atoms with Crippen LogP contribution < -0.4 is 16.6 Å². The van der Waals surface area contributed by atoms with Gasteiger partial charge in [0.15, 0.2) is 16.3 Å². The molecule has 2 aromatic heterocycles. The lowest BCUT2D eigenvalue weighted by molar-refractivity contribution is -0.113. The third-order valence-electron chi connectivity index (χ3n) is 2.83. The van der Waals surface area contributed by atoms with E-state index in [1.54, 1.807) is 12.1 Å². The van der Waals surface area contributed by atoms with Crippen molar-refractivity contribution in [3.05, 3.63) is 39.1 Å². The zero-order valence-electron chi connectivity index (χ0n) is 11.6. The zero-order chi connectivity index (χ0) is 16.4. The van der Waals surface area contributed by atoms with Crippen molar-refractivity contribution in [1.29, 1.82) is 0 Å². The number of aromatic amines is 2. The minimum absolute atomic E-state index is 0.00136. The summed E-state index contributed by atoms with van der Waals surface area (Å²) in [6.07, 6.45) is 0. The molecule has 0 aliphatic heterocycles. The van der Waals surface area contributed by atoms with E-state index >= 15 is 0 Å². The first-order chi connectivity index (χ1) is 11.0. The van der Waals surface area contributed by atoms with Gasteiger partial charge in [0.2, 0.25) is 11.9 Å². The number of benzene rings is 1. The van der Waals surface area contributed by atoms with E-state index in [9.17, 15) is 9.59 Å². The number of nitrogens with zero attached hydrogens (tertiary/aromatic N) is 2. The number of anilines is 2. The third kappa shape index (κ3) is 3.71. The summed E-state index contributed by atoms with van der Waals surface area (Å²) in [7, 11) is 0. The van der Waals surface area contributed by atoms with Gasteiger partial charge in [0.25, 0.3) is 5.56 Å². The highest BCUT2D eigenvalue weighted by Crippen LogP contribution is 2.18. The molecule has 23 heavy (non-hydrogen) atoms. The summed E-state index contributed by atoms with van der Waals surface area (Å²) in [5.41, 5.74) is 6.22. The molecule has 0 saturated carbocycles. The van der Waals surface area contributed by atoms with Crippen LogP contribution in [0.15, 0.2) is 38.7 Å². The molecule has 0 atom stereocenters. The average Bonchev–Trinajstić information content (AvgIpc) is 2.91. The maximum absolute atomic E-state index is 11.9. The number of nitrogen functional groups attached to an aromatic ring is 1. The number of nitrogens with two attached hydrogens (primary N) is 1. The number of thioether (sulfide) groups is 1. The maximum atomic E-state index is 11.9. The predicted octanol–water partition coefficient (Wildman–Crippen LogP) is 1.72. The maximum Gasteiger partial charge on any atom is 0.278 e. The van der Waals surface area contributed by atoms with Crippen molar-refractivity contribution < 1.29 is 4.79 Å². The van der Waals surface area contributed by atoms with Crippen molar-refractivity contribution in [2.24, 2.45) is 0 Å². The van der Waals surface area contributed by atoms with Gasteiger partial charge < -0.3 is 16.0 Å². The smallest absolute Gasteiger partial charge is 0.278 e. The number of halogens is 1. The third-order valence-corrected chi connectivity index (χ3v) is 4.23. The summed E-state index contributed by atoms with van der Waals surface area (Å²) in [5, 5.41) is 3.19. The number of fused-ring (bicyclic) bond motifs is 1. The van der Waals surface area contributed by atoms with E-state index in [1.807, 2.05) is 12.1 Å². The first kappa shape index (κ1) is 15.6. The summed E-state index contributed by atoms with van der Waals surface area (Å²) in [4.78, 5) is 36.9. The molecule has 1 amide bonds. The van der Waals surface area contributed by atoms with Crippen molar-refractivity contribution in [2.45, 2.75) is 5.16 Å². The molecule has 0 aliphatic rings. The second-order valence-corrected chi connectivity index (χ2v) is 6.42. The topological polar surface area (TPSA) is 130 Å². The quantitative estimate of drug-likeness (QED) is 0.498. The van der Waals surface area contributed by atoms with Crippen molar-refractivity contribution in [3.8, 4) is 0 Å². The molecule has 0 spiro atoms. The van der Waals surface area contributed by atoms with Crippen LogP contribution >= 0.6 is 27.7 Å². The molecule has 1 aromatic carbocycles. The summed E-state index contributed by atoms with van der Waals surface area (Å²) < 4.78 is 0.934. The molecule has 5 N–H and O–H groups in total. The van der Waals surface area contributed by atoms with Crippen molar-refractivity contribution >= 4 is 56.4 Å². The Balaban J connectivity index is 1.66. The van der Waals surface area contributed by atoms with Gasteiger partial charge in [-0.05, 0) is 24.3 Å². The molecule has 3 rings (SSSR count). The van der Waals surface area contributed by atoms with Crippen LogP contribution in [0.2, 0.25) is 0 Å². The van der Waals surface area contributed by atoms with E-state index in [0.717, 1.165) is 4.47 Å². The van der Waals surface area contributed by atoms with Crippen LogP contribution in [0.5, 0.6) is 0 Å². The van der Waals surface area contributed by atoms with E-state index in [1.165, 1.54) is 11.8 Å². The van der Waals surface area contributed by atoms with Gasteiger partial charge in [0.1, 0.15) is 0 Å². The lowest BCUT2D eigenvalue weighted by atomic mass is 10.3. The van der Waals surface area contributed by atoms with Crippen LogP contribution in [0.3, 0.4) is 0 Å². The Morgan fingerprint density at radius 3 is 2.74 bits per heavy atom. The van der Waals surface area contributed by atoms with Gasteiger partial charge in [0, 0.05) is 10.2 Å². The zero-order valence-corrected chi connectivity index (χ0v) is 14.0. The van der Waals surface area contributed by atoms with E-state index in [4.69, 9.17) is 5.73 Å². The van der Waals surface area contributed by atoms with Crippen LogP contribution in [0.25, 0.3) is 11.2 Å². The molecule has 8 nitrogen and oxygen atoms in total. The number of H-pyrrole nitrogens is 2. The Labute approximate surface area is 142 Å². The number of carbonyl (C=O) groups excluding carboxylic acids is 1. The van der Waals surface area contributed by atoms with Gasteiger partial charge in [-0.3, -0.25) is 14.6 Å². The monoisotopic (exact) mass is 394 g/mol. The number of amides is 1. The van der Waals surface area contributed by atoms with Crippen molar-refractivity contribution in [2.75, 3.05) is 16.8 Å². The van der Waals surface area contributed by atoms with Gasteiger partial charge in [-0.15, -0.1) is 0 Å². The molecule has 0 bridgehead atoms. The number of hydrogen-bond acceptors (Lipinski definition) is 6. The molecule has 0 aliphatic carbocycles. The molecule has 118 valence electrons. The minimum Gasteiger partial charge on any atom is -0.369 e. The molecule has 0 saturated heterocycles. The standard InChI is InChI=1S/C13H11BrN6O2S/c14-6-1-3-7(4-2-6)16-8(21)5-23-13-17-9-10(19-13)18-12(15)20-11(9)22/h1-4H,5H2,(H,16,21)(H4,15,17,18,19,20,22). The highest BCUT2D eigenvalue weighted by atomic mass is 79.9. The fraction of sp³-hybridized carbons (Fsp3) is 0.0769. The van der Waals surface area contributed by atoms with Gasteiger partial charge in [-0.25, -0.2) is 4.98 Å². The summed E-state index contributed by atoms with van der Waals surface area (Å²) in [5.74, 6) is -0.0406. The lowest BCUT2D eigenvalue weighted by Crippen LogP contribution is -2.14. The molecule has 2 heterocycles. The van der Waals surface area contributed by atoms with Crippen LogP contribution in [0.4, 0.5) is 11.6 Å². The molecule has 0 fully saturated rings. The molecule has 3 aromatic rings. The molecule has 0 radical (unpaired) electrons. The van der Waals surface area contributed by atoms with E-state index in [2.05, 4.69) is 41.2 Å². The van der Waals surface area contributed by atoms with Crippen molar-refractivity contribution in [1.82, 2.24) is 19.9 Å². The number of hydrogen-bond donors (Lipinski definition) is 4. The normalized spacial score (nSPS) is 10.8. The number of aromatic nitrogens is 4. The van der Waals surface area contributed by atoms with E-state index in [0.29, 0.717) is 10.8 Å². The fourth-order valence-electron chi connectivity index (χ4n) is 1.84. The Kier molecular flexibility index (Phi) is 4.35. The second kappa shape index (κ2) is 6.42. The van der Waals surface area contributed by atoms with Crippen LogP contribution in [-0.2, 0) is 4.79 Å². The summed E-state index contributed by atoms with van der Waals surface area (Å²) in [6, 6.07) is 7.26. The first-order valence-electron chi connectivity index (χ1n) is 6.45. The van der Waals surface area contributed by atoms with Gasteiger partial charge in [-0.2, -0.15) is 4.98 Å². The minimum atomic E-state index is -0.397. The Hall–Kier alpha value is -2.33. The molecule has 0 unspecified atom stereocenters. The summed E-state index contributed by atoms with van der Waals surface area (Å²) >= 11 is 4.50. The largest absolute Gasteiger partial charge is 0.369 e. The summed E-state index contributed by atoms with van der Waals surface area (Å²) in [6.45, 7) is 0. The predicted molar refractivity (Wildman–Crippen MR) is 92.4 cm³/mol. The molecular formula is C13H11BrN6O2S. The van der Waals surface area contributed by atoms with E-state index in [-0.39, 0.29) is 28.8 Å². The van der Waals surface area contributed by atoms with Crippen molar-refractivity contribution in [3.63, 3.8) is 0 Å². The number of rotatable bonds is 4. The van der Waals surface area contributed by atoms with Crippen LogP contribution in [0.1, 0.15) is 0 Å². The highest BCUT2D eigenvalue weighted by Gasteiger charge is 2.11. The fourth-order valence-corrected chi connectivity index (χ4v) is 2.77. The average molecular weight is 395 g/mol. The SMILES string of the molecule is Nc1nc2nc(SCC(=O)Nc3ccc(Br)cc3)[nH]c2c(=O)[nH]1. The lowest BCUT2D eigenvalue weighted by Gasteiger charge is -2.04. The highest BCUT2D eigenvalue weighted by molar-refractivity contribution is 9.10. The Morgan fingerprint density at radius 2 is 2.00 bits per heavy atom. The van der Waals surface area contributed by atoms with E-state index < -0.39 is 5.56 Å². The van der Waals surface area contributed by atoms with Crippen LogP contribution in [0, 0.1) is 0 Å². The number of carbonyl (C=O) groups is 1. The molecule has 10 heteroatoms. The van der Waals surface area contributed by atoms with Crippen LogP contribution in [-0.4, -0.2) is 31.6 Å². The first-order valence-corrected chi connectivity index (χ1v) is 8.23. The number of imidazole rings is 1. The number of nitrogens with one attached hydrogen (secondary N) is 3. The van der Waals surface area contributed by atoms with Gasteiger partial charge >= 0.3 is 0 Å². The Bertz CT molecular complexity index is 920. The van der Waals surface area contributed by atoms with Gasteiger partial charge in [0.05, 0.1) is 5.75 Å². The van der Waals surface area contributed by atoms with Gasteiger partial charge in [-0.1, -0.05) is 27.7 Å². The second-order valence-electron chi connectivity index (χ2n) is 4.54. The molecular weight excluding hydrogens is 384 g/mol. The Morgan fingerprint density at radius 1 is 1.26 bits per heavy atom.